The molecule has 3 heterocycles. The highest BCUT2D eigenvalue weighted by Gasteiger charge is 2.09. The van der Waals surface area contributed by atoms with Crippen molar-refractivity contribution in [2.45, 2.75) is 13.3 Å². The highest BCUT2D eigenvalue weighted by atomic mass is 15.2. The standard InChI is InChI=1S/C12H14N8/c1-2-4-14-10-9-11(17-7-16-10)20-12(19-9)18-8-3-5-13-6-15-8/h3,5-7H,2,4H2,1H3,(H3,13,14,15,16,17,18,19,20). The van der Waals surface area contributed by atoms with Gasteiger partial charge in [0, 0.05) is 12.7 Å². The topological polar surface area (TPSA) is 104 Å². The van der Waals surface area contributed by atoms with E-state index in [0.29, 0.717) is 17.4 Å². The summed E-state index contributed by atoms with van der Waals surface area (Å²) >= 11 is 0. The first kappa shape index (κ1) is 12.3. The number of nitrogens with one attached hydrogen (secondary N) is 3. The molecule has 20 heavy (non-hydrogen) atoms. The molecule has 0 bridgehead atoms. The number of aromatic amines is 1. The number of hydrogen-bond donors (Lipinski definition) is 3. The Morgan fingerprint density at radius 1 is 1.20 bits per heavy atom. The van der Waals surface area contributed by atoms with Gasteiger partial charge in [0.05, 0.1) is 0 Å². The smallest absolute Gasteiger partial charge is 0.208 e. The van der Waals surface area contributed by atoms with Gasteiger partial charge < -0.3 is 15.6 Å². The second-order valence-corrected chi connectivity index (χ2v) is 4.15. The molecule has 0 fully saturated rings. The van der Waals surface area contributed by atoms with Crippen molar-refractivity contribution < 1.29 is 0 Å². The summed E-state index contributed by atoms with van der Waals surface area (Å²) in [5, 5.41) is 6.30. The number of anilines is 3. The third kappa shape index (κ3) is 2.48. The molecule has 0 aliphatic rings. The van der Waals surface area contributed by atoms with E-state index in [4.69, 9.17) is 0 Å². The van der Waals surface area contributed by atoms with Crippen LogP contribution in [0.1, 0.15) is 13.3 Å². The van der Waals surface area contributed by atoms with Gasteiger partial charge in [-0.15, -0.1) is 0 Å². The summed E-state index contributed by atoms with van der Waals surface area (Å²) in [7, 11) is 0. The van der Waals surface area contributed by atoms with Crippen LogP contribution in [0.5, 0.6) is 0 Å². The van der Waals surface area contributed by atoms with Gasteiger partial charge in [-0.25, -0.2) is 19.9 Å². The SMILES string of the molecule is CCCNc1ncnc2nc(Nc3ccncn3)[nH]c12. The first-order chi connectivity index (χ1) is 9.86. The molecule has 8 heteroatoms. The third-order valence-electron chi connectivity index (χ3n) is 2.66. The fraction of sp³-hybridized carbons (Fsp3) is 0.250. The summed E-state index contributed by atoms with van der Waals surface area (Å²) in [5.74, 6) is 1.98. The van der Waals surface area contributed by atoms with Crippen LogP contribution in [0.4, 0.5) is 17.6 Å². The molecular weight excluding hydrogens is 256 g/mol. The maximum absolute atomic E-state index is 4.36. The van der Waals surface area contributed by atoms with Gasteiger partial charge in [0.1, 0.15) is 24.0 Å². The van der Waals surface area contributed by atoms with Crippen LogP contribution >= 0.6 is 0 Å². The number of imidazole rings is 1. The lowest BCUT2D eigenvalue weighted by Gasteiger charge is -2.03. The van der Waals surface area contributed by atoms with Crippen molar-refractivity contribution in [3.05, 3.63) is 24.9 Å². The Kier molecular flexibility index (Phi) is 3.36. The van der Waals surface area contributed by atoms with E-state index >= 15 is 0 Å². The molecule has 0 saturated heterocycles. The van der Waals surface area contributed by atoms with Crippen LogP contribution in [-0.2, 0) is 0 Å². The molecule has 3 N–H and O–H groups in total. The average Bonchev–Trinajstić information content (AvgIpc) is 2.89. The second kappa shape index (κ2) is 5.47. The Hall–Kier alpha value is -2.77. The summed E-state index contributed by atoms with van der Waals surface area (Å²) in [6, 6.07) is 1.76. The first-order valence-corrected chi connectivity index (χ1v) is 6.34. The zero-order chi connectivity index (χ0) is 13.8. The summed E-state index contributed by atoms with van der Waals surface area (Å²) in [5.41, 5.74) is 1.38. The van der Waals surface area contributed by atoms with Crippen LogP contribution in [0.3, 0.4) is 0 Å². The fourth-order valence-electron chi connectivity index (χ4n) is 1.75. The third-order valence-corrected chi connectivity index (χ3v) is 2.66. The lowest BCUT2D eigenvalue weighted by molar-refractivity contribution is 0.968. The van der Waals surface area contributed by atoms with Gasteiger partial charge in [-0.1, -0.05) is 6.92 Å². The molecule has 0 spiro atoms. The molecular formula is C12H14N8. The lowest BCUT2D eigenvalue weighted by Crippen LogP contribution is -2.02. The monoisotopic (exact) mass is 270 g/mol. The van der Waals surface area contributed by atoms with Gasteiger partial charge in [-0.3, -0.25) is 0 Å². The molecule has 8 nitrogen and oxygen atoms in total. The van der Waals surface area contributed by atoms with Crippen molar-refractivity contribution in [2.75, 3.05) is 17.2 Å². The minimum Gasteiger partial charge on any atom is -0.368 e. The zero-order valence-electron chi connectivity index (χ0n) is 11.0. The second-order valence-electron chi connectivity index (χ2n) is 4.15. The quantitative estimate of drug-likeness (QED) is 0.648. The molecule has 0 amide bonds. The van der Waals surface area contributed by atoms with Gasteiger partial charge >= 0.3 is 0 Å². The van der Waals surface area contributed by atoms with Crippen LogP contribution in [0.2, 0.25) is 0 Å². The molecule has 0 aromatic carbocycles. The molecule has 0 atom stereocenters. The van der Waals surface area contributed by atoms with Crippen LogP contribution in [0.15, 0.2) is 24.9 Å². The van der Waals surface area contributed by atoms with E-state index in [0.717, 1.165) is 24.3 Å². The first-order valence-electron chi connectivity index (χ1n) is 6.34. The number of fused-ring (bicyclic) bond motifs is 1. The van der Waals surface area contributed by atoms with Crippen LogP contribution in [0.25, 0.3) is 11.2 Å². The number of nitrogens with zero attached hydrogens (tertiary/aromatic N) is 5. The van der Waals surface area contributed by atoms with Crippen LogP contribution in [-0.4, -0.2) is 36.4 Å². The number of aromatic nitrogens is 6. The van der Waals surface area contributed by atoms with Crippen molar-refractivity contribution in [1.29, 1.82) is 0 Å². The minimum absolute atomic E-state index is 0.568. The predicted molar refractivity (Wildman–Crippen MR) is 75.8 cm³/mol. The van der Waals surface area contributed by atoms with Crippen molar-refractivity contribution in [3.8, 4) is 0 Å². The normalized spacial score (nSPS) is 10.7. The minimum atomic E-state index is 0.568. The summed E-state index contributed by atoms with van der Waals surface area (Å²) in [6.45, 7) is 2.94. The molecule has 0 unspecified atom stereocenters. The highest BCUT2D eigenvalue weighted by Crippen LogP contribution is 2.20. The summed E-state index contributed by atoms with van der Waals surface area (Å²) in [4.78, 5) is 23.8. The molecule has 0 radical (unpaired) electrons. The van der Waals surface area contributed by atoms with Crippen LogP contribution < -0.4 is 10.6 Å². The fourth-order valence-corrected chi connectivity index (χ4v) is 1.75. The molecule has 3 aromatic rings. The highest BCUT2D eigenvalue weighted by molar-refractivity contribution is 5.84. The van der Waals surface area contributed by atoms with E-state index < -0.39 is 0 Å². The molecule has 3 rings (SSSR count). The van der Waals surface area contributed by atoms with E-state index in [1.807, 2.05) is 0 Å². The van der Waals surface area contributed by atoms with E-state index in [9.17, 15) is 0 Å². The number of H-pyrrole nitrogens is 1. The van der Waals surface area contributed by atoms with E-state index in [-0.39, 0.29) is 0 Å². The predicted octanol–water partition coefficient (Wildman–Crippen LogP) is 1.71. The van der Waals surface area contributed by atoms with Gasteiger partial charge in [0.25, 0.3) is 0 Å². The van der Waals surface area contributed by atoms with Crippen molar-refractivity contribution in [2.24, 2.45) is 0 Å². The van der Waals surface area contributed by atoms with Crippen molar-refractivity contribution in [3.63, 3.8) is 0 Å². The van der Waals surface area contributed by atoms with E-state index in [1.165, 1.54) is 12.7 Å². The van der Waals surface area contributed by atoms with Crippen molar-refractivity contribution in [1.82, 2.24) is 29.9 Å². The van der Waals surface area contributed by atoms with Gasteiger partial charge in [-0.2, -0.15) is 4.98 Å². The van der Waals surface area contributed by atoms with E-state index in [2.05, 4.69) is 47.5 Å². The van der Waals surface area contributed by atoms with Gasteiger partial charge in [-0.05, 0) is 12.5 Å². The Morgan fingerprint density at radius 3 is 2.95 bits per heavy atom. The van der Waals surface area contributed by atoms with Gasteiger partial charge in [0.2, 0.25) is 5.95 Å². The van der Waals surface area contributed by atoms with Gasteiger partial charge in [0.15, 0.2) is 11.5 Å². The Morgan fingerprint density at radius 2 is 2.15 bits per heavy atom. The molecule has 3 aromatic heterocycles. The zero-order valence-corrected chi connectivity index (χ0v) is 11.0. The largest absolute Gasteiger partial charge is 0.368 e. The molecule has 0 aliphatic carbocycles. The Bertz CT molecular complexity index is 693. The van der Waals surface area contributed by atoms with Crippen LogP contribution in [0, 0.1) is 0 Å². The molecule has 0 saturated carbocycles. The number of rotatable bonds is 5. The maximum atomic E-state index is 4.36. The van der Waals surface area contributed by atoms with Crippen molar-refractivity contribution >= 4 is 28.7 Å². The molecule has 102 valence electrons. The molecule has 0 aliphatic heterocycles. The lowest BCUT2D eigenvalue weighted by atomic mass is 10.4. The van der Waals surface area contributed by atoms with E-state index in [1.54, 1.807) is 12.3 Å². The Balaban J connectivity index is 1.90. The maximum Gasteiger partial charge on any atom is 0.208 e. The summed E-state index contributed by atoms with van der Waals surface area (Å²) < 4.78 is 0. The average molecular weight is 270 g/mol. The Labute approximate surface area is 115 Å². The number of hydrogen-bond acceptors (Lipinski definition) is 7. The summed E-state index contributed by atoms with van der Waals surface area (Å²) in [6.07, 6.45) is 5.65.